The van der Waals surface area contributed by atoms with Crippen molar-refractivity contribution in [1.29, 1.82) is 5.26 Å². The second kappa shape index (κ2) is 7.80. The SMILES string of the molecule is CC(=O)c1ccc(C#N)cc1NCCN(C(C)C)C(C)C. The van der Waals surface area contributed by atoms with Crippen LogP contribution >= 0.6 is 0 Å². The van der Waals surface area contributed by atoms with E-state index >= 15 is 0 Å². The van der Waals surface area contributed by atoms with Crippen molar-refractivity contribution in [2.45, 2.75) is 46.7 Å². The number of Topliss-reactive ketones (excluding diaryl/α,β-unsaturated/α-hetero) is 1. The minimum Gasteiger partial charge on any atom is -0.383 e. The van der Waals surface area contributed by atoms with Crippen molar-refractivity contribution >= 4 is 11.5 Å². The first kappa shape index (κ1) is 17.2. The van der Waals surface area contributed by atoms with Gasteiger partial charge in [-0.2, -0.15) is 5.26 Å². The summed E-state index contributed by atoms with van der Waals surface area (Å²) in [7, 11) is 0. The first-order chi connectivity index (χ1) is 9.86. The molecule has 1 N–H and O–H groups in total. The molecule has 1 aromatic carbocycles. The third-order valence-corrected chi connectivity index (χ3v) is 3.54. The predicted molar refractivity (Wildman–Crippen MR) is 86.6 cm³/mol. The molecule has 114 valence electrons. The van der Waals surface area contributed by atoms with Gasteiger partial charge in [0.25, 0.3) is 0 Å². The number of carbonyl (C=O) groups is 1. The van der Waals surface area contributed by atoms with Crippen LogP contribution in [0.15, 0.2) is 18.2 Å². The minimum atomic E-state index is 0.00608. The molecule has 0 atom stereocenters. The van der Waals surface area contributed by atoms with Crippen LogP contribution in [-0.2, 0) is 0 Å². The first-order valence-electron chi connectivity index (χ1n) is 7.41. The highest BCUT2D eigenvalue weighted by Crippen LogP contribution is 2.18. The van der Waals surface area contributed by atoms with E-state index in [4.69, 9.17) is 5.26 Å². The number of hydrogen-bond acceptors (Lipinski definition) is 4. The van der Waals surface area contributed by atoms with Crippen LogP contribution in [0, 0.1) is 11.3 Å². The Hall–Kier alpha value is -1.86. The Bertz CT molecular complexity index is 521. The number of benzene rings is 1. The minimum absolute atomic E-state index is 0.00608. The van der Waals surface area contributed by atoms with Crippen LogP contribution in [0.2, 0.25) is 0 Å². The van der Waals surface area contributed by atoms with Crippen molar-refractivity contribution in [1.82, 2.24) is 4.90 Å². The predicted octanol–water partition coefficient (Wildman–Crippen LogP) is 3.29. The van der Waals surface area contributed by atoms with Gasteiger partial charge < -0.3 is 5.32 Å². The molecule has 1 aromatic rings. The van der Waals surface area contributed by atoms with Gasteiger partial charge in [0, 0.05) is 36.4 Å². The molecular formula is C17H25N3O. The van der Waals surface area contributed by atoms with Crippen molar-refractivity contribution < 1.29 is 4.79 Å². The number of nitriles is 1. The van der Waals surface area contributed by atoms with Gasteiger partial charge in [0.1, 0.15) is 0 Å². The molecule has 21 heavy (non-hydrogen) atoms. The Labute approximate surface area is 127 Å². The van der Waals surface area contributed by atoms with E-state index < -0.39 is 0 Å². The summed E-state index contributed by atoms with van der Waals surface area (Å²) < 4.78 is 0. The van der Waals surface area contributed by atoms with Crippen LogP contribution in [-0.4, -0.2) is 35.9 Å². The Balaban J connectivity index is 2.79. The number of anilines is 1. The largest absolute Gasteiger partial charge is 0.383 e. The van der Waals surface area contributed by atoms with Gasteiger partial charge >= 0.3 is 0 Å². The zero-order valence-electron chi connectivity index (χ0n) is 13.6. The molecule has 0 spiro atoms. The maximum absolute atomic E-state index is 11.6. The zero-order valence-corrected chi connectivity index (χ0v) is 13.6. The van der Waals surface area contributed by atoms with Crippen LogP contribution in [0.25, 0.3) is 0 Å². The second-order valence-corrected chi connectivity index (χ2v) is 5.78. The van der Waals surface area contributed by atoms with Crippen molar-refractivity contribution in [3.63, 3.8) is 0 Å². The number of rotatable bonds is 7. The Morgan fingerprint density at radius 3 is 2.38 bits per heavy atom. The van der Waals surface area contributed by atoms with E-state index in [1.54, 1.807) is 25.1 Å². The molecule has 0 amide bonds. The molecule has 0 heterocycles. The average Bonchev–Trinajstić information content (AvgIpc) is 2.42. The maximum atomic E-state index is 11.6. The van der Waals surface area contributed by atoms with Crippen molar-refractivity contribution in [2.24, 2.45) is 0 Å². The molecule has 0 saturated heterocycles. The quantitative estimate of drug-likeness (QED) is 0.782. The maximum Gasteiger partial charge on any atom is 0.161 e. The summed E-state index contributed by atoms with van der Waals surface area (Å²) >= 11 is 0. The highest BCUT2D eigenvalue weighted by atomic mass is 16.1. The number of hydrogen-bond donors (Lipinski definition) is 1. The fourth-order valence-corrected chi connectivity index (χ4v) is 2.50. The normalized spacial score (nSPS) is 11.0. The lowest BCUT2D eigenvalue weighted by Crippen LogP contribution is -2.40. The van der Waals surface area contributed by atoms with E-state index in [0.717, 1.165) is 18.8 Å². The Morgan fingerprint density at radius 2 is 1.90 bits per heavy atom. The molecule has 4 nitrogen and oxygen atoms in total. The van der Waals surface area contributed by atoms with Gasteiger partial charge in [-0.05, 0) is 52.8 Å². The fourth-order valence-electron chi connectivity index (χ4n) is 2.50. The van der Waals surface area contributed by atoms with E-state index in [1.807, 2.05) is 0 Å². The molecule has 0 aromatic heterocycles. The molecule has 0 fully saturated rings. The summed E-state index contributed by atoms with van der Waals surface area (Å²) in [5.74, 6) is 0.00608. The van der Waals surface area contributed by atoms with E-state index in [9.17, 15) is 4.79 Å². The number of carbonyl (C=O) groups excluding carboxylic acids is 1. The van der Waals surface area contributed by atoms with Crippen LogP contribution in [0.1, 0.15) is 50.5 Å². The average molecular weight is 287 g/mol. The summed E-state index contributed by atoms with van der Waals surface area (Å²) in [5, 5.41) is 12.3. The monoisotopic (exact) mass is 287 g/mol. The van der Waals surface area contributed by atoms with Crippen LogP contribution in [0.3, 0.4) is 0 Å². The second-order valence-electron chi connectivity index (χ2n) is 5.78. The van der Waals surface area contributed by atoms with Crippen LogP contribution in [0.4, 0.5) is 5.69 Å². The summed E-state index contributed by atoms with van der Waals surface area (Å²) in [5.41, 5.74) is 1.94. The first-order valence-corrected chi connectivity index (χ1v) is 7.41. The van der Waals surface area contributed by atoms with Crippen molar-refractivity contribution in [2.75, 3.05) is 18.4 Å². The molecule has 0 radical (unpaired) electrons. The summed E-state index contributed by atoms with van der Waals surface area (Å²) in [4.78, 5) is 14.0. The molecular weight excluding hydrogens is 262 g/mol. The van der Waals surface area contributed by atoms with Crippen molar-refractivity contribution in [3.05, 3.63) is 29.3 Å². The molecule has 0 saturated carbocycles. The molecule has 4 heteroatoms. The lowest BCUT2D eigenvalue weighted by molar-refractivity contribution is 0.101. The standard InChI is InChI=1S/C17H25N3O/c1-12(2)20(13(3)4)9-8-19-17-10-15(11-18)6-7-16(17)14(5)21/h6-7,10,12-13,19H,8-9H2,1-5H3. The van der Waals surface area contributed by atoms with Crippen LogP contribution < -0.4 is 5.32 Å². The van der Waals surface area contributed by atoms with Gasteiger partial charge in [-0.1, -0.05) is 0 Å². The Kier molecular flexibility index (Phi) is 6.39. The molecule has 0 aliphatic heterocycles. The molecule has 0 aliphatic rings. The highest BCUT2D eigenvalue weighted by molar-refractivity contribution is 5.99. The van der Waals surface area contributed by atoms with Gasteiger partial charge in [0.05, 0.1) is 11.6 Å². The topological polar surface area (TPSA) is 56.1 Å². The van der Waals surface area contributed by atoms with Crippen molar-refractivity contribution in [3.8, 4) is 6.07 Å². The number of nitrogens with one attached hydrogen (secondary N) is 1. The van der Waals surface area contributed by atoms with E-state index in [-0.39, 0.29) is 5.78 Å². The number of ketones is 1. The lowest BCUT2D eigenvalue weighted by atomic mass is 10.1. The van der Waals surface area contributed by atoms with E-state index in [0.29, 0.717) is 23.2 Å². The van der Waals surface area contributed by atoms with Gasteiger partial charge in [0.15, 0.2) is 5.78 Å². The summed E-state index contributed by atoms with van der Waals surface area (Å²) in [6.45, 7) is 11.9. The van der Waals surface area contributed by atoms with Gasteiger partial charge in [-0.3, -0.25) is 9.69 Å². The lowest BCUT2D eigenvalue weighted by Gasteiger charge is -2.30. The smallest absolute Gasteiger partial charge is 0.161 e. The third kappa shape index (κ3) is 4.87. The van der Waals surface area contributed by atoms with Gasteiger partial charge in [0.2, 0.25) is 0 Å². The van der Waals surface area contributed by atoms with Crippen LogP contribution in [0.5, 0.6) is 0 Å². The molecule has 0 unspecified atom stereocenters. The third-order valence-electron chi connectivity index (χ3n) is 3.54. The van der Waals surface area contributed by atoms with E-state index in [2.05, 4.69) is 44.0 Å². The highest BCUT2D eigenvalue weighted by Gasteiger charge is 2.13. The molecule has 1 rings (SSSR count). The Morgan fingerprint density at radius 1 is 1.29 bits per heavy atom. The molecule has 0 bridgehead atoms. The van der Waals surface area contributed by atoms with Gasteiger partial charge in [-0.15, -0.1) is 0 Å². The number of nitrogens with zero attached hydrogens (tertiary/aromatic N) is 2. The summed E-state index contributed by atoms with van der Waals surface area (Å²) in [6.07, 6.45) is 0. The molecule has 0 aliphatic carbocycles. The zero-order chi connectivity index (χ0) is 16.0. The summed E-state index contributed by atoms with van der Waals surface area (Å²) in [6, 6.07) is 8.19. The van der Waals surface area contributed by atoms with Gasteiger partial charge in [-0.25, -0.2) is 0 Å². The van der Waals surface area contributed by atoms with E-state index in [1.165, 1.54) is 0 Å². The fraction of sp³-hybridized carbons (Fsp3) is 0.529.